The number of unbranched alkanes of at least 4 members (excludes halogenated alkanes) is 5. The van der Waals surface area contributed by atoms with Gasteiger partial charge in [0.25, 0.3) is 0 Å². The number of rotatable bonds is 11. The summed E-state index contributed by atoms with van der Waals surface area (Å²) in [4.78, 5) is 11.4. The molecule has 0 aromatic rings. The molecule has 0 rings (SSSR count). The van der Waals surface area contributed by atoms with Crippen molar-refractivity contribution in [2.75, 3.05) is 6.61 Å². The first-order valence-electron chi connectivity index (χ1n) is 6.63. The molecule has 0 amide bonds. The minimum atomic E-state index is -0.406. The SMILES string of the molecule is CCCCCCCCOC(=O)[C@@H](N)CC[Se]C. The van der Waals surface area contributed by atoms with Crippen molar-refractivity contribution < 1.29 is 9.53 Å². The fraction of sp³-hybridized carbons (Fsp3) is 0.923. The van der Waals surface area contributed by atoms with E-state index in [-0.39, 0.29) is 5.97 Å². The summed E-state index contributed by atoms with van der Waals surface area (Å²) in [6.07, 6.45) is 8.01. The fourth-order valence-corrected chi connectivity index (χ4v) is 2.55. The van der Waals surface area contributed by atoms with E-state index in [2.05, 4.69) is 12.7 Å². The Bertz CT molecular complexity index is 188. The number of hydrogen-bond donors (Lipinski definition) is 1. The Hall–Kier alpha value is -0.0505. The summed E-state index contributed by atoms with van der Waals surface area (Å²) in [5.74, 6) is 1.93. The maximum absolute atomic E-state index is 11.4. The molecule has 0 aromatic heterocycles. The summed E-state index contributed by atoms with van der Waals surface area (Å²) in [5.41, 5.74) is 5.72. The Morgan fingerprint density at radius 3 is 2.53 bits per heavy atom. The third-order valence-electron chi connectivity index (χ3n) is 2.68. The fourth-order valence-electron chi connectivity index (χ4n) is 1.52. The van der Waals surface area contributed by atoms with Crippen LogP contribution in [-0.4, -0.2) is 33.6 Å². The van der Waals surface area contributed by atoms with Crippen LogP contribution in [0.5, 0.6) is 0 Å². The summed E-state index contributed by atoms with van der Waals surface area (Å²) in [5, 5.41) is 1.06. The van der Waals surface area contributed by atoms with E-state index in [1.807, 2.05) is 0 Å². The van der Waals surface area contributed by atoms with Gasteiger partial charge in [-0.15, -0.1) is 0 Å². The van der Waals surface area contributed by atoms with E-state index in [1.165, 1.54) is 25.7 Å². The number of carbonyl (C=O) groups excluding carboxylic acids is 1. The number of hydrogen-bond acceptors (Lipinski definition) is 3. The Balaban J connectivity index is 3.32. The zero-order chi connectivity index (χ0) is 12.9. The molecular formula is C13H27NO2Se. The molecule has 0 unspecified atom stereocenters. The van der Waals surface area contributed by atoms with Gasteiger partial charge in [0.1, 0.15) is 0 Å². The zero-order valence-corrected chi connectivity index (χ0v) is 13.0. The van der Waals surface area contributed by atoms with E-state index in [9.17, 15) is 4.79 Å². The van der Waals surface area contributed by atoms with Crippen molar-refractivity contribution in [2.45, 2.75) is 69.1 Å². The number of esters is 1. The van der Waals surface area contributed by atoms with Crippen LogP contribution >= 0.6 is 0 Å². The molecule has 0 fully saturated rings. The van der Waals surface area contributed by atoms with Gasteiger partial charge in [-0.1, -0.05) is 6.92 Å². The topological polar surface area (TPSA) is 52.3 Å². The average Bonchev–Trinajstić information content (AvgIpc) is 2.34. The molecular weight excluding hydrogens is 281 g/mol. The molecule has 0 aliphatic rings. The molecule has 17 heavy (non-hydrogen) atoms. The molecule has 2 N–H and O–H groups in total. The summed E-state index contributed by atoms with van der Waals surface area (Å²) >= 11 is 0.594. The van der Waals surface area contributed by atoms with Crippen molar-refractivity contribution in [3.63, 3.8) is 0 Å². The standard InChI is InChI=1S/C13H27NO2Se/c1-3-4-5-6-7-8-10-16-13(15)12(14)9-11-17-2/h12H,3-11,14H2,1-2H3/t12-/m0/s1. The van der Waals surface area contributed by atoms with Gasteiger partial charge in [-0.3, -0.25) is 0 Å². The van der Waals surface area contributed by atoms with E-state index in [0.29, 0.717) is 21.6 Å². The van der Waals surface area contributed by atoms with E-state index in [4.69, 9.17) is 10.5 Å². The molecule has 3 nitrogen and oxygen atoms in total. The predicted octanol–water partition coefficient (Wildman–Crippen LogP) is 2.78. The summed E-state index contributed by atoms with van der Waals surface area (Å²) in [6.45, 7) is 2.75. The first-order valence-corrected chi connectivity index (χ1v) is 9.56. The zero-order valence-electron chi connectivity index (χ0n) is 11.2. The van der Waals surface area contributed by atoms with Crippen LogP contribution in [0, 0.1) is 0 Å². The van der Waals surface area contributed by atoms with Gasteiger partial charge in [0.2, 0.25) is 0 Å². The van der Waals surface area contributed by atoms with Crippen molar-refractivity contribution in [3.8, 4) is 0 Å². The molecule has 0 spiro atoms. The van der Waals surface area contributed by atoms with Gasteiger partial charge in [-0.2, -0.15) is 0 Å². The van der Waals surface area contributed by atoms with Gasteiger partial charge in [-0.05, 0) is 0 Å². The molecule has 0 aliphatic carbocycles. The van der Waals surface area contributed by atoms with Crippen molar-refractivity contribution in [1.29, 1.82) is 0 Å². The molecule has 0 saturated heterocycles. The minimum absolute atomic E-state index is 0.220. The third-order valence-corrected chi connectivity index (χ3v) is 4.03. The second kappa shape index (κ2) is 12.4. The van der Waals surface area contributed by atoms with Crippen molar-refractivity contribution in [1.82, 2.24) is 0 Å². The van der Waals surface area contributed by atoms with Crippen LogP contribution in [0.25, 0.3) is 0 Å². The van der Waals surface area contributed by atoms with Gasteiger partial charge < -0.3 is 0 Å². The second-order valence-electron chi connectivity index (χ2n) is 4.32. The van der Waals surface area contributed by atoms with Gasteiger partial charge in [-0.25, -0.2) is 0 Å². The molecule has 0 aliphatic heterocycles. The van der Waals surface area contributed by atoms with E-state index < -0.39 is 6.04 Å². The molecule has 0 radical (unpaired) electrons. The van der Waals surface area contributed by atoms with Gasteiger partial charge in [0.05, 0.1) is 0 Å². The predicted molar refractivity (Wildman–Crippen MR) is 73.4 cm³/mol. The third kappa shape index (κ3) is 10.8. The van der Waals surface area contributed by atoms with E-state index in [1.54, 1.807) is 0 Å². The van der Waals surface area contributed by atoms with Crippen LogP contribution in [0.2, 0.25) is 11.1 Å². The van der Waals surface area contributed by atoms with Crippen molar-refractivity contribution in [2.24, 2.45) is 5.73 Å². The first kappa shape index (κ1) is 16.9. The Labute approximate surface area is 112 Å². The number of nitrogens with two attached hydrogens (primary N) is 1. The second-order valence-corrected chi connectivity index (χ2v) is 6.39. The van der Waals surface area contributed by atoms with Crippen LogP contribution in [0.3, 0.4) is 0 Å². The van der Waals surface area contributed by atoms with Crippen LogP contribution in [-0.2, 0) is 9.53 Å². The number of ether oxygens (including phenoxy) is 1. The van der Waals surface area contributed by atoms with Gasteiger partial charge in [0.15, 0.2) is 0 Å². The maximum atomic E-state index is 11.4. The van der Waals surface area contributed by atoms with Gasteiger partial charge in [0, 0.05) is 0 Å². The van der Waals surface area contributed by atoms with Crippen LogP contribution in [0.4, 0.5) is 0 Å². The van der Waals surface area contributed by atoms with Crippen LogP contribution < -0.4 is 5.73 Å². The Morgan fingerprint density at radius 1 is 1.24 bits per heavy atom. The molecule has 4 heteroatoms. The summed E-state index contributed by atoms with van der Waals surface area (Å²) in [6, 6.07) is -0.406. The number of carbonyl (C=O) groups is 1. The average molecular weight is 308 g/mol. The van der Waals surface area contributed by atoms with Crippen molar-refractivity contribution >= 4 is 20.9 Å². The molecule has 0 bridgehead atoms. The molecule has 102 valence electrons. The van der Waals surface area contributed by atoms with E-state index >= 15 is 0 Å². The summed E-state index contributed by atoms with van der Waals surface area (Å²) < 4.78 is 5.15. The molecule has 0 aromatic carbocycles. The van der Waals surface area contributed by atoms with E-state index in [0.717, 1.165) is 24.6 Å². The Morgan fingerprint density at radius 2 is 1.88 bits per heavy atom. The monoisotopic (exact) mass is 309 g/mol. The molecule has 1 atom stereocenters. The Kier molecular flexibility index (Phi) is 12.4. The van der Waals surface area contributed by atoms with Crippen LogP contribution in [0.15, 0.2) is 0 Å². The van der Waals surface area contributed by atoms with Crippen LogP contribution in [0.1, 0.15) is 51.9 Å². The first-order chi connectivity index (χ1) is 8.22. The molecule has 0 saturated carbocycles. The summed E-state index contributed by atoms with van der Waals surface area (Å²) in [7, 11) is 0. The van der Waals surface area contributed by atoms with Gasteiger partial charge >= 0.3 is 105 Å². The van der Waals surface area contributed by atoms with Crippen molar-refractivity contribution in [3.05, 3.63) is 0 Å². The molecule has 0 heterocycles. The normalized spacial score (nSPS) is 12.4. The quantitative estimate of drug-likeness (QED) is 0.363.